The molecule has 0 N–H and O–H groups in total. The first-order chi connectivity index (χ1) is 22.4. The van der Waals surface area contributed by atoms with Crippen molar-refractivity contribution in [1.82, 2.24) is 0 Å². The Labute approximate surface area is 288 Å². The number of esters is 1. The quantitative estimate of drug-likeness (QED) is 0.159. The van der Waals surface area contributed by atoms with Crippen molar-refractivity contribution >= 4 is 5.97 Å². The van der Waals surface area contributed by atoms with Crippen LogP contribution in [-0.4, -0.2) is 18.7 Å². The molecule has 3 heteroatoms. The monoisotopic (exact) mass is 643 g/mol. The van der Waals surface area contributed by atoms with Crippen LogP contribution in [0, 0.1) is 46.3 Å². The molecular weight excluding hydrogens is 576 g/mol. The summed E-state index contributed by atoms with van der Waals surface area (Å²) in [5.41, 5.74) is 5.68. The van der Waals surface area contributed by atoms with E-state index >= 15 is 0 Å². The van der Waals surface area contributed by atoms with E-state index in [1.54, 1.807) is 5.57 Å². The SMILES string of the molecule is CC(C)=CCC/C(C)=C/COc1ccc(C(=O)OC2CC[C@@]3(C)C(=CC[C@H]4[C@@H]5CC[C@H]([C@H](C)CCCC(C)C)[C@@]5(C)CC[C@@H]43)C2)cc1. The largest absolute Gasteiger partial charge is 0.490 e. The van der Waals surface area contributed by atoms with Gasteiger partial charge in [-0.3, -0.25) is 0 Å². The first-order valence-corrected chi connectivity index (χ1v) is 19.3. The van der Waals surface area contributed by atoms with Crippen molar-refractivity contribution < 1.29 is 14.3 Å². The predicted octanol–water partition coefficient (Wildman–Crippen LogP) is 12.3. The van der Waals surface area contributed by atoms with E-state index < -0.39 is 0 Å². The van der Waals surface area contributed by atoms with Crippen LogP contribution in [0.4, 0.5) is 0 Å². The zero-order chi connectivity index (χ0) is 33.8. The molecule has 47 heavy (non-hydrogen) atoms. The topological polar surface area (TPSA) is 35.5 Å². The number of ether oxygens (including phenoxy) is 2. The van der Waals surface area contributed by atoms with Gasteiger partial charge in [-0.25, -0.2) is 4.79 Å². The Morgan fingerprint density at radius 1 is 0.936 bits per heavy atom. The summed E-state index contributed by atoms with van der Waals surface area (Å²) in [6.45, 7) is 19.5. The molecule has 3 fully saturated rings. The van der Waals surface area contributed by atoms with Gasteiger partial charge in [0.05, 0.1) is 5.56 Å². The lowest BCUT2D eigenvalue weighted by molar-refractivity contribution is -0.0594. The molecule has 260 valence electrons. The molecule has 4 aliphatic rings. The average molecular weight is 643 g/mol. The third-order valence-corrected chi connectivity index (χ3v) is 13.4. The molecule has 0 heterocycles. The minimum Gasteiger partial charge on any atom is -0.490 e. The summed E-state index contributed by atoms with van der Waals surface area (Å²) >= 11 is 0. The molecule has 0 bridgehead atoms. The van der Waals surface area contributed by atoms with E-state index in [1.165, 1.54) is 62.5 Å². The minimum absolute atomic E-state index is 0.0230. The second kappa shape index (κ2) is 15.5. The van der Waals surface area contributed by atoms with Crippen molar-refractivity contribution in [2.75, 3.05) is 6.61 Å². The lowest BCUT2D eigenvalue weighted by Crippen LogP contribution is -2.51. The molecular formula is C44H66O3. The number of carbonyl (C=O) groups is 1. The van der Waals surface area contributed by atoms with Gasteiger partial charge in [-0.2, -0.15) is 0 Å². The van der Waals surface area contributed by atoms with E-state index in [2.05, 4.69) is 73.6 Å². The number of benzene rings is 1. The molecule has 1 aromatic rings. The highest BCUT2D eigenvalue weighted by Gasteiger charge is 2.59. The van der Waals surface area contributed by atoms with Crippen LogP contribution in [0.3, 0.4) is 0 Å². The van der Waals surface area contributed by atoms with Crippen LogP contribution in [0.5, 0.6) is 5.75 Å². The Hall–Kier alpha value is -2.29. The molecule has 0 spiro atoms. The number of carbonyl (C=O) groups excluding carboxylic acids is 1. The molecule has 4 aliphatic carbocycles. The smallest absolute Gasteiger partial charge is 0.338 e. The number of hydrogen-bond acceptors (Lipinski definition) is 3. The molecule has 5 rings (SSSR count). The van der Waals surface area contributed by atoms with E-state index in [1.807, 2.05) is 24.3 Å². The Bertz CT molecular complexity index is 1300. The summed E-state index contributed by atoms with van der Waals surface area (Å²) < 4.78 is 12.1. The van der Waals surface area contributed by atoms with Crippen LogP contribution in [0.1, 0.15) is 149 Å². The van der Waals surface area contributed by atoms with Gasteiger partial charge in [-0.1, -0.05) is 82.8 Å². The fraction of sp³-hybridized carbons (Fsp3) is 0.705. The van der Waals surface area contributed by atoms with E-state index in [9.17, 15) is 4.79 Å². The molecule has 3 nitrogen and oxygen atoms in total. The van der Waals surface area contributed by atoms with Crippen LogP contribution in [0.25, 0.3) is 0 Å². The summed E-state index contributed by atoms with van der Waals surface area (Å²) in [6, 6.07) is 7.47. The van der Waals surface area contributed by atoms with Crippen LogP contribution in [-0.2, 0) is 4.74 Å². The third-order valence-electron chi connectivity index (χ3n) is 13.4. The second-order valence-corrected chi connectivity index (χ2v) is 17.3. The van der Waals surface area contributed by atoms with Crippen molar-refractivity contribution in [2.45, 2.75) is 145 Å². The predicted molar refractivity (Wildman–Crippen MR) is 197 cm³/mol. The van der Waals surface area contributed by atoms with Gasteiger partial charge in [0.1, 0.15) is 18.5 Å². The average Bonchev–Trinajstić information content (AvgIpc) is 3.38. The Balaban J connectivity index is 1.13. The minimum atomic E-state index is -0.206. The summed E-state index contributed by atoms with van der Waals surface area (Å²) in [5, 5.41) is 0. The second-order valence-electron chi connectivity index (χ2n) is 17.3. The number of allylic oxidation sites excluding steroid dienone is 4. The highest BCUT2D eigenvalue weighted by molar-refractivity contribution is 5.89. The van der Waals surface area contributed by atoms with Crippen LogP contribution in [0.15, 0.2) is 59.2 Å². The number of hydrogen-bond donors (Lipinski definition) is 0. The van der Waals surface area contributed by atoms with Gasteiger partial charge in [-0.05, 0) is 155 Å². The highest BCUT2D eigenvalue weighted by Crippen LogP contribution is 2.67. The van der Waals surface area contributed by atoms with Crippen LogP contribution >= 0.6 is 0 Å². The van der Waals surface area contributed by atoms with Crippen molar-refractivity contribution in [3.05, 3.63) is 64.8 Å². The Morgan fingerprint density at radius 3 is 2.43 bits per heavy atom. The molecule has 8 atom stereocenters. The van der Waals surface area contributed by atoms with E-state index in [4.69, 9.17) is 9.47 Å². The summed E-state index contributed by atoms with van der Waals surface area (Å²) in [6.07, 6.45) is 23.2. The molecule has 1 unspecified atom stereocenters. The Morgan fingerprint density at radius 2 is 1.70 bits per heavy atom. The zero-order valence-corrected chi connectivity index (χ0v) is 31.2. The summed E-state index contributed by atoms with van der Waals surface area (Å²) in [7, 11) is 0. The maximum Gasteiger partial charge on any atom is 0.338 e. The van der Waals surface area contributed by atoms with Crippen LogP contribution < -0.4 is 4.74 Å². The van der Waals surface area contributed by atoms with Crippen LogP contribution in [0.2, 0.25) is 0 Å². The van der Waals surface area contributed by atoms with Gasteiger partial charge in [0.25, 0.3) is 0 Å². The number of rotatable bonds is 13. The van der Waals surface area contributed by atoms with E-state index in [0.29, 0.717) is 17.6 Å². The molecule has 0 aliphatic heterocycles. The maximum atomic E-state index is 13.2. The van der Waals surface area contributed by atoms with Gasteiger partial charge < -0.3 is 9.47 Å². The molecule has 0 radical (unpaired) electrons. The van der Waals surface area contributed by atoms with Crippen molar-refractivity contribution in [2.24, 2.45) is 46.3 Å². The molecule has 0 aromatic heterocycles. The molecule has 0 saturated heterocycles. The van der Waals surface area contributed by atoms with Crippen molar-refractivity contribution in [1.29, 1.82) is 0 Å². The van der Waals surface area contributed by atoms with E-state index in [0.717, 1.165) is 73.4 Å². The molecule has 3 saturated carbocycles. The van der Waals surface area contributed by atoms with Gasteiger partial charge in [0.2, 0.25) is 0 Å². The van der Waals surface area contributed by atoms with Gasteiger partial charge in [0, 0.05) is 6.42 Å². The standard InChI is InChI=1S/C44H66O3/c1-30(2)11-9-13-32(5)25-28-46-36-18-15-34(16-19-36)42(45)47-37-23-26-43(7)35(29-37)17-20-38-40-22-21-39(33(6)14-10-12-31(3)4)44(40,8)27-24-41(38)43/h11,15-19,25,31,33,37-41H,9-10,12-14,20-24,26-29H2,1-8H3/b32-25+/t33-,37?,38+,39-,40+,41+,43+,44-/m1/s1. The number of fused-ring (bicyclic) bond motifs is 5. The van der Waals surface area contributed by atoms with E-state index in [-0.39, 0.29) is 17.5 Å². The summed E-state index contributed by atoms with van der Waals surface area (Å²) in [5.74, 6) is 5.65. The van der Waals surface area contributed by atoms with Crippen molar-refractivity contribution in [3.63, 3.8) is 0 Å². The zero-order valence-electron chi connectivity index (χ0n) is 31.2. The molecule has 0 amide bonds. The third kappa shape index (κ3) is 8.30. The van der Waals surface area contributed by atoms with Gasteiger partial charge in [-0.15, -0.1) is 0 Å². The highest BCUT2D eigenvalue weighted by atomic mass is 16.5. The fourth-order valence-corrected chi connectivity index (χ4v) is 10.6. The van der Waals surface area contributed by atoms with Crippen molar-refractivity contribution in [3.8, 4) is 5.75 Å². The fourth-order valence-electron chi connectivity index (χ4n) is 10.6. The van der Waals surface area contributed by atoms with Gasteiger partial charge in [0.15, 0.2) is 0 Å². The lowest BCUT2D eigenvalue weighted by atomic mass is 9.47. The lowest BCUT2D eigenvalue weighted by Gasteiger charge is -2.58. The normalized spacial score (nSPS) is 32.5. The first-order valence-electron chi connectivity index (χ1n) is 19.3. The Kier molecular flexibility index (Phi) is 11.9. The molecule has 1 aromatic carbocycles. The van der Waals surface area contributed by atoms with Gasteiger partial charge >= 0.3 is 5.97 Å². The summed E-state index contributed by atoms with van der Waals surface area (Å²) in [4.78, 5) is 13.2. The first kappa shape index (κ1) is 36.0. The maximum absolute atomic E-state index is 13.2.